The second-order valence-corrected chi connectivity index (χ2v) is 10.2. The lowest BCUT2D eigenvalue weighted by Crippen LogP contribution is -2.33. The van der Waals surface area contributed by atoms with Gasteiger partial charge < -0.3 is 14.4 Å². The van der Waals surface area contributed by atoms with Gasteiger partial charge in [-0.2, -0.15) is 0 Å². The van der Waals surface area contributed by atoms with Crippen LogP contribution >= 0.6 is 0 Å². The summed E-state index contributed by atoms with van der Waals surface area (Å²) in [7, 11) is -2.54. The van der Waals surface area contributed by atoms with E-state index in [1.807, 2.05) is 36.4 Å². The van der Waals surface area contributed by atoms with Crippen molar-refractivity contribution >= 4 is 33.3 Å². The first kappa shape index (κ1) is 22.9. The van der Waals surface area contributed by atoms with Crippen molar-refractivity contribution in [2.45, 2.75) is 17.7 Å². The third-order valence-electron chi connectivity index (χ3n) is 6.34. The Bertz CT molecular complexity index is 1420. The lowest BCUT2D eigenvalue weighted by Gasteiger charge is -2.20. The fourth-order valence-electron chi connectivity index (χ4n) is 4.57. The highest BCUT2D eigenvalue weighted by molar-refractivity contribution is 7.92. The van der Waals surface area contributed by atoms with E-state index in [0.29, 0.717) is 25.2 Å². The second kappa shape index (κ2) is 9.07. The summed E-state index contributed by atoms with van der Waals surface area (Å²) in [5.41, 5.74) is 3.39. The summed E-state index contributed by atoms with van der Waals surface area (Å²) >= 11 is 0. The van der Waals surface area contributed by atoms with Crippen LogP contribution in [0.3, 0.4) is 0 Å². The van der Waals surface area contributed by atoms with Crippen LogP contribution in [0.25, 0.3) is 0 Å². The Balaban J connectivity index is 1.35. The molecule has 2 aliphatic heterocycles. The van der Waals surface area contributed by atoms with E-state index < -0.39 is 22.6 Å². The summed E-state index contributed by atoms with van der Waals surface area (Å²) in [5, 5.41) is 0. The highest BCUT2D eigenvalue weighted by atomic mass is 32.2. The van der Waals surface area contributed by atoms with Gasteiger partial charge in [0.15, 0.2) is 6.61 Å². The Morgan fingerprint density at radius 1 is 0.886 bits per heavy atom. The van der Waals surface area contributed by atoms with Crippen LogP contribution < -0.4 is 13.9 Å². The van der Waals surface area contributed by atoms with Crippen LogP contribution in [-0.2, 0) is 32.4 Å². The Morgan fingerprint density at radius 2 is 1.54 bits per heavy atom. The van der Waals surface area contributed by atoms with Gasteiger partial charge in [-0.3, -0.25) is 9.10 Å². The molecule has 8 nitrogen and oxygen atoms in total. The third-order valence-corrected chi connectivity index (χ3v) is 8.15. The highest BCUT2D eigenvalue weighted by Crippen LogP contribution is 2.34. The van der Waals surface area contributed by atoms with Gasteiger partial charge >= 0.3 is 5.97 Å². The molecule has 0 aliphatic carbocycles. The van der Waals surface area contributed by atoms with Gasteiger partial charge in [-0.15, -0.1) is 0 Å². The van der Waals surface area contributed by atoms with Gasteiger partial charge in [0.1, 0.15) is 11.3 Å². The molecular formula is C26H24N2O6S. The summed E-state index contributed by atoms with van der Waals surface area (Å²) in [4.78, 5) is 27.2. The van der Waals surface area contributed by atoms with Gasteiger partial charge in [0.2, 0.25) is 0 Å². The number of rotatable bonds is 6. The van der Waals surface area contributed by atoms with Crippen molar-refractivity contribution in [1.82, 2.24) is 0 Å². The van der Waals surface area contributed by atoms with Crippen LogP contribution in [0.5, 0.6) is 5.75 Å². The first-order valence-electron chi connectivity index (χ1n) is 11.2. The molecule has 2 heterocycles. The molecule has 9 heteroatoms. The molecule has 0 N–H and O–H groups in total. The van der Waals surface area contributed by atoms with Gasteiger partial charge in [0, 0.05) is 18.8 Å². The molecule has 1 amide bonds. The molecule has 3 aromatic carbocycles. The van der Waals surface area contributed by atoms with Crippen LogP contribution in [0, 0.1) is 0 Å². The van der Waals surface area contributed by atoms with Crippen LogP contribution in [-0.4, -0.2) is 47.1 Å². The Labute approximate surface area is 203 Å². The normalized spacial score (nSPS) is 14.4. The number of para-hydroxylation sites is 2. The summed E-state index contributed by atoms with van der Waals surface area (Å²) in [5.74, 6) is -1.02. The van der Waals surface area contributed by atoms with Gasteiger partial charge in [0.05, 0.1) is 17.7 Å². The van der Waals surface area contributed by atoms with Crippen molar-refractivity contribution in [2.75, 3.05) is 36.0 Å². The van der Waals surface area contributed by atoms with E-state index in [1.54, 1.807) is 17.0 Å². The minimum absolute atomic E-state index is 0.0539. The molecule has 2 aliphatic rings. The molecule has 0 fully saturated rings. The molecular weight excluding hydrogens is 468 g/mol. The molecule has 3 aromatic rings. The maximum atomic E-state index is 13.4. The predicted octanol–water partition coefficient (Wildman–Crippen LogP) is 3.19. The fourth-order valence-corrected chi connectivity index (χ4v) is 6.10. The maximum absolute atomic E-state index is 13.4. The summed E-state index contributed by atoms with van der Waals surface area (Å²) in [6.07, 6.45) is 1.35. The predicted molar refractivity (Wildman–Crippen MR) is 130 cm³/mol. The topological polar surface area (TPSA) is 93.2 Å². The average Bonchev–Trinajstić information content (AvgIpc) is 3.51. The molecule has 0 radical (unpaired) electrons. The molecule has 0 atom stereocenters. The highest BCUT2D eigenvalue weighted by Gasteiger charge is 2.32. The van der Waals surface area contributed by atoms with E-state index in [-0.39, 0.29) is 22.1 Å². The molecule has 0 bridgehead atoms. The molecule has 5 rings (SSSR count). The van der Waals surface area contributed by atoms with E-state index in [4.69, 9.17) is 9.47 Å². The molecule has 180 valence electrons. The molecule has 0 saturated heterocycles. The number of carbonyl (C=O) groups is 2. The van der Waals surface area contributed by atoms with Crippen molar-refractivity contribution in [3.8, 4) is 5.75 Å². The van der Waals surface area contributed by atoms with Crippen molar-refractivity contribution in [3.63, 3.8) is 0 Å². The Hall–Kier alpha value is -3.85. The zero-order valence-electron chi connectivity index (χ0n) is 19.1. The van der Waals surface area contributed by atoms with Gasteiger partial charge in [-0.05, 0) is 54.3 Å². The van der Waals surface area contributed by atoms with Crippen molar-refractivity contribution in [2.24, 2.45) is 0 Å². The van der Waals surface area contributed by atoms with Crippen LogP contribution in [0.4, 0.5) is 11.4 Å². The number of carbonyl (C=O) groups excluding carboxylic acids is 2. The van der Waals surface area contributed by atoms with E-state index >= 15 is 0 Å². The molecule has 35 heavy (non-hydrogen) atoms. The number of benzene rings is 3. The second-order valence-electron chi connectivity index (χ2n) is 8.32. The fraction of sp³-hybridized carbons (Fsp3) is 0.231. The van der Waals surface area contributed by atoms with Crippen molar-refractivity contribution in [3.05, 3.63) is 83.4 Å². The number of anilines is 2. The third kappa shape index (κ3) is 4.12. The van der Waals surface area contributed by atoms with Gasteiger partial charge in [0.25, 0.3) is 15.9 Å². The lowest BCUT2D eigenvalue weighted by molar-refractivity contribution is -0.121. The SMILES string of the molecule is COc1ccc(S(=O)(=O)N2CCc3ccccc32)cc1C(=O)OCC(=O)N1CCc2ccccc21. The van der Waals surface area contributed by atoms with E-state index in [1.165, 1.54) is 29.6 Å². The van der Waals surface area contributed by atoms with Crippen molar-refractivity contribution < 1.29 is 27.5 Å². The monoisotopic (exact) mass is 492 g/mol. The number of fused-ring (bicyclic) bond motifs is 2. The van der Waals surface area contributed by atoms with Crippen LogP contribution in [0.1, 0.15) is 21.5 Å². The molecule has 0 unspecified atom stereocenters. The summed E-state index contributed by atoms with van der Waals surface area (Å²) in [6, 6.07) is 19.0. The minimum Gasteiger partial charge on any atom is -0.496 e. The minimum atomic E-state index is -3.92. The number of esters is 1. The lowest BCUT2D eigenvalue weighted by atomic mass is 10.2. The number of methoxy groups -OCH3 is 1. The van der Waals surface area contributed by atoms with Gasteiger partial charge in [-0.25, -0.2) is 13.2 Å². The number of hydrogen-bond donors (Lipinski definition) is 0. The summed E-state index contributed by atoms with van der Waals surface area (Å²) in [6.45, 7) is 0.371. The van der Waals surface area contributed by atoms with Gasteiger partial charge in [-0.1, -0.05) is 36.4 Å². The summed E-state index contributed by atoms with van der Waals surface area (Å²) < 4.78 is 38.7. The Morgan fingerprint density at radius 3 is 2.29 bits per heavy atom. The Kier molecular flexibility index (Phi) is 5.94. The average molecular weight is 493 g/mol. The number of nitrogens with zero attached hydrogens (tertiary/aromatic N) is 2. The number of amides is 1. The molecule has 0 saturated carbocycles. The largest absolute Gasteiger partial charge is 0.496 e. The number of hydrogen-bond acceptors (Lipinski definition) is 6. The van der Waals surface area contributed by atoms with E-state index in [9.17, 15) is 18.0 Å². The van der Waals surface area contributed by atoms with Crippen LogP contribution in [0.15, 0.2) is 71.6 Å². The smallest absolute Gasteiger partial charge is 0.342 e. The molecule has 0 spiro atoms. The molecule has 0 aromatic heterocycles. The quantitative estimate of drug-likeness (QED) is 0.491. The van der Waals surface area contributed by atoms with Crippen LogP contribution in [0.2, 0.25) is 0 Å². The first-order valence-corrected chi connectivity index (χ1v) is 12.7. The zero-order valence-corrected chi connectivity index (χ0v) is 20.0. The van der Waals surface area contributed by atoms with Crippen molar-refractivity contribution in [1.29, 1.82) is 0 Å². The number of ether oxygens (including phenoxy) is 2. The first-order chi connectivity index (χ1) is 16.9. The van der Waals surface area contributed by atoms with E-state index in [2.05, 4.69) is 0 Å². The maximum Gasteiger partial charge on any atom is 0.342 e. The van der Waals surface area contributed by atoms with E-state index in [0.717, 1.165) is 23.2 Å². The standard InChI is InChI=1S/C26H24N2O6S/c1-33-24-11-10-20(35(31,32)28-15-13-19-7-3-5-9-23(19)28)16-21(24)26(30)34-17-25(29)27-14-12-18-6-2-4-8-22(18)27/h2-11,16H,12-15,17H2,1H3. The zero-order chi connectivity index (χ0) is 24.6. The number of sulfonamides is 1.